The average molecular weight is 413 g/mol. The van der Waals surface area contributed by atoms with E-state index in [0.29, 0.717) is 44.2 Å². The molecule has 0 atom stereocenters. The number of ether oxygens (including phenoxy) is 1. The first kappa shape index (κ1) is 20.0. The number of hydrogen-bond acceptors (Lipinski definition) is 6. The van der Waals surface area contributed by atoms with Crippen LogP contribution in [-0.2, 0) is 32.6 Å². The predicted octanol–water partition coefficient (Wildman–Crippen LogP) is 1.24. The van der Waals surface area contributed by atoms with E-state index in [1.807, 2.05) is 16.8 Å². The van der Waals surface area contributed by atoms with Crippen LogP contribution in [0.3, 0.4) is 0 Å². The van der Waals surface area contributed by atoms with E-state index in [2.05, 4.69) is 5.10 Å². The van der Waals surface area contributed by atoms with E-state index in [1.54, 1.807) is 37.1 Å². The Balaban J connectivity index is 1.78. The number of thiophene rings is 1. The highest BCUT2D eigenvalue weighted by molar-refractivity contribution is 7.89. The Morgan fingerprint density at radius 1 is 1.33 bits per heavy atom. The number of likely N-dealkylation sites (N-methyl/N-ethyl adjacent to an activating group) is 1. The summed E-state index contributed by atoms with van der Waals surface area (Å²) in [4.78, 5) is 14.4. The number of nitrogens with zero attached hydrogens (tertiary/aromatic N) is 4. The molecule has 1 aliphatic heterocycles. The van der Waals surface area contributed by atoms with Gasteiger partial charge in [-0.3, -0.25) is 9.48 Å². The summed E-state index contributed by atoms with van der Waals surface area (Å²) in [6.45, 7) is 5.31. The fraction of sp³-hybridized carbons (Fsp3) is 0.529. The second-order valence-corrected chi connectivity index (χ2v) is 9.21. The lowest BCUT2D eigenvalue weighted by atomic mass is 10.3. The summed E-state index contributed by atoms with van der Waals surface area (Å²) in [5.74, 6) is -0.123. The van der Waals surface area contributed by atoms with Crippen molar-refractivity contribution in [3.05, 3.63) is 33.8 Å². The van der Waals surface area contributed by atoms with Crippen molar-refractivity contribution in [1.82, 2.24) is 19.0 Å². The van der Waals surface area contributed by atoms with E-state index in [1.165, 1.54) is 8.99 Å². The fourth-order valence-corrected chi connectivity index (χ4v) is 5.56. The molecule has 0 radical (unpaired) electrons. The zero-order valence-electron chi connectivity index (χ0n) is 15.7. The first-order chi connectivity index (χ1) is 12.8. The molecular weight excluding hydrogens is 388 g/mol. The Labute approximate surface area is 163 Å². The Morgan fingerprint density at radius 2 is 2.04 bits per heavy atom. The fourth-order valence-electron chi connectivity index (χ4n) is 3.12. The Hall–Kier alpha value is -1.75. The van der Waals surface area contributed by atoms with Crippen LogP contribution in [0.15, 0.2) is 21.7 Å². The van der Waals surface area contributed by atoms with Gasteiger partial charge in [-0.05, 0) is 36.2 Å². The van der Waals surface area contributed by atoms with E-state index in [9.17, 15) is 13.2 Å². The van der Waals surface area contributed by atoms with Crippen LogP contribution < -0.4 is 0 Å². The van der Waals surface area contributed by atoms with Gasteiger partial charge in [0.15, 0.2) is 0 Å². The molecule has 0 N–H and O–H groups in total. The third kappa shape index (κ3) is 4.23. The molecule has 0 bridgehead atoms. The molecule has 1 aliphatic rings. The maximum atomic E-state index is 13.0. The Morgan fingerprint density at radius 3 is 2.67 bits per heavy atom. The standard InChI is InChI=1S/C17H24N4O4S2/c1-13-17(27(23,24)20-5-7-25-8-6-20)14(2)21(18-13)11-16(22)19(3)10-15-4-9-26-12-15/h4,9,12H,5-8,10-11H2,1-3H3. The molecule has 1 fully saturated rings. The van der Waals surface area contributed by atoms with Gasteiger partial charge in [-0.15, -0.1) is 0 Å². The SMILES string of the molecule is Cc1nn(CC(=O)N(C)Cc2ccsc2)c(C)c1S(=O)(=O)N1CCOCC1. The number of amides is 1. The molecule has 0 saturated carbocycles. The summed E-state index contributed by atoms with van der Waals surface area (Å²) in [5.41, 5.74) is 1.96. The monoisotopic (exact) mass is 412 g/mol. The summed E-state index contributed by atoms with van der Waals surface area (Å²) in [5, 5.41) is 8.29. The van der Waals surface area contributed by atoms with E-state index in [4.69, 9.17) is 4.74 Å². The third-order valence-electron chi connectivity index (χ3n) is 4.59. The minimum absolute atomic E-state index is 0.00589. The van der Waals surface area contributed by atoms with Crippen LogP contribution in [-0.4, -0.2) is 66.7 Å². The van der Waals surface area contributed by atoms with Gasteiger partial charge in [0.2, 0.25) is 15.9 Å². The maximum absolute atomic E-state index is 13.0. The minimum Gasteiger partial charge on any atom is -0.379 e. The van der Waals surface area contributed by atoms with Crippen molar-refractivity contribution in [2.75, 3.05) is 33.4 Å². The summed E-state index contributed by atoms with van der Waals surface area (Å²) < 4.78 is 34.1. The van der Waals surface area contributed by atoms with Gasteiger partial charge in [0, 0.05) is 26.7 Å². The van der Waals surface area contributed by atoms with Gasteiger partial charge in [-0.2, -0.15) is 20.7 Å². The number of aromatic nitrogens is 2. The number of hydrogen-bond donors (Lipinski definition) is 0. The molecule has 10 heteroatoms. The van der Waals surface area contributed by atoms with Crippen molar-refractivity contribution in [1.29, 1.82) is 0 Å². The summed E-state index contributed by atoms with van der Waals surface area (Å²) in [6, 6.07) is 1.98. The number of carbonyl (C=O) groups excluding carboxylic acids is 1. The Bertz CT molecular complexity index is 900. The lowest BCUT2D eigenvalue weighted by Gasteiger charge is -2.26. The molecular formula is C17H24N4O4S2. The highest BCUT2D eigenvalue weighted by Crippen LogP contribution is 2.24. The molecule has 1 amide bonds. The van der Waals surface area contributed by atoms with Crippen molar-refractivity contribution in [3.8, 4) is 0 Å². The summed E-state index contributed by atoms with van der Waals surface area (Å²) in [7, 11) is -1.92. The highest BCUT2D eigenvalue weighted by Gasteiger charge is 2.32. The number of carbonyl (C=O) groups is 1. The molecule has 2 aromatic heterocycles. The molecule has 0 aliphatic carbocycles. The van der Waals surface area contributed by atoms with E-state index >= 15 is 0 Å². The molecule has 1 saturated heterocycles. The van der Waals surface area contributed by atoms with E-state index < -0.39 is 10.0 Å². The van der Waals surface area contributed by atoms with Crippen molar-refractivity contribution in [2.45, 2.75) is 31.8 Å². The van der Waals surface area contributed by atoms with Crippen molar-refractivity contribution in [2.24, 2.45) is 0 Å². The van der Waals surface area contributed by atoms with Crippen LogP contribution in [0.4, 0.5) is 0 Å². The molecule has 8 nitrogen and oxygen atoms in total. The topological polar surface area (TPSA) is 84.7 Å². The van der Waals surface area contributed by atoms with Gasteiger partial charge in [-0.1, -0.05) is 0 Å². The largest absolute Gasteiger partial charge is 0.379 e. The maximum Gasteiger partial charge on any atom is 0.246 e. The molecule has 3 heterocycles. The number of rotatable bonds is 6. The number of aryl methyl sites for hydroxylation is 1. The summed E-state index contributed by atoms with van der Waals surface area (Å²) in [6.07, 6.45) is 0. The molecule has 0 aromatic carbocycles. The smallest absolute Gasteiger partial charge is 0.246 e. The molecule has 0 unspecified atom stereocenters. The van der Waals surface area contributed by atoms with Crippen molar-refractivity contribution >= 4 is 27.3 Å². The zero-order valence-corrected chi connectivity index (χ0v) is 17.3. The second-order valence-electron chi connectivity index (χ2n) is 6.56. The van der Waals surface area contributed by atoms with Crippen LogP contribution >= 0.6 is 11.3 Å². The van der Waals surface area contributed by atoms with Gasteiger partial charge < -0.3 is 9.64 Å². The van der Waals surface area contributed by atoms with Crippen LogP contribution in [0, 0.1) is 13.8 Å². The zero-order chi connectivity index (χ0) is 19.6. The first-order valence-corrected chi connectivity index (χ1v) is 11.1. The molecule has 3 rings (SSSR count). The van der Waals surface area contributed by atoms with Crippen LogP contribution in [0.25, 0.3) is 0 Å². The lowest BCUT2D eigenvalue weighted by Crippen LogP contribution is -2.41. The minimum atomic E-state index is -3.65. The average Bonchev–Trinajstić information content (AvgIpc) is 3.23. The lowest BCUT2D eigenvalue weighted by molar-refractivity contribution is -0.131. The Kier molecular flexibility index (Phi) is 5.99. The first-order valence-electron chi connectivity index (χ1n) is 8.67. The van der Waals surface area contributed by atoms with Gasteiger partial charge in [0.25, 0.3) is 0 Å². The second kappa shape index (κ2) is 8.09. The number of morpholine rings is 1. The normalized spacial score (nSPS) is 15.8. The molecule has 2 aromatic rings. The highest BCUT2D eigenvalue weighted by atomic mass is 32.2. The van der Waals surface area contributed by atoms with Crippen LogP contribution in [0.1, 0.15) is 17.0 Å². The quantitative estimate of drug-likeness (QED) is 0.713. The molecule has 27 heavy (non-hydrogen) atoms. The van der Waals surface area contributed by atoms with E-state index in [0.717, 1.165) is 5.56 Å². The molecule has 0 spiro atoms. The van der Waals surface area contributed by atoms with Gasteiger partial charge in [0.05, 0.1) is 24.6 Å². The summed E-state index contributed by atoms with van der Waals surface area (Å²) >= 11 is 1.59. The van der Waals surface area contributed by atoms with Gasteiger partial charge in [0.1, 0.15) is 11.4 Å². The van der Waals surface area contributed by atoms with Crippen molar-refractivity contribution < 1.29 is 17.9 Å². The predicted molar refractivity (Wildman–Crippen MR) is 102 cm³/mol. The van der Waals surface area contributed by atoms with Crippen LogP contribution in [0.2, 0.25) is 0 Å². The van der Waals surface area contributed by atoms with Crippen molar-refractivity contribution in [3.63, 3.8) is 0 Å². The number of sulfonamides is 1. The van der Waals surface area contributed by atoms with Crippen LogP contribution in [0.5, 0.6) is 0 Å². The van der Waals surface area contributed by atoms with Gasteiger partial charge in [-0.25, -0.2) is 8.42 Å². The molecule has 148 valence electrons. The third-order valence-corrected chi connectivity index (χ3v) is 7.48. The van der Waals surface area contributed by atoms with Gasteiger partial charge >= 0.3 is 0 Å². The van der Waals surface area contributed by atoms with E-state index in [-0.39, 0.29) is 17.3 Å².